The van der Waals surface area contributed by atoms with Crippen LogP contribution in [0, 0.1) is 39.0 Å². The van der Waals surface area contributed by atoms with E-state index in [0.29, 0.717) is 11.4 Å². The molecule has 0 unspecified atom stereocenters. The number of para-hydroxylation sites is 2. The summed E-state index contributed by atoms with van der Waals surface area (Å²) in [5, 5.41) is 15.7. The summed E-state index contributed by atoms with van der Waals surface area (Å²) >= 11 is 0. The summed E-state index contributed by atoms with van der Waals surface area (Å²) in [4.78, 5) is 9.42. The first-order valence-corrected chi connectivity index (χ1v) is 14.8. The van der Waals surface area contributed by atoms with Gasteiger partial charge in [-0.05, 0) is 81.3 Å². The van der Waals surface area contributed by atoms with Gasteiger partial charge in [-0.3, -0.25) is 0 Å². The lowest BCUT2D eigenvalue weighted by Gasteiger charge is -2.18. The van der Waals surface area contributed by atoms with E-state index in [9.17, 15) is 5.26 Å². The number of fused-ring (bicyclic) bond motifs is 6. The quantitative estimate of drug-likeness (QED) is 0.214. The van der Waals surface area contributed by atoms with E-state index in [4.69, 9.17) is 4.98 Å². The maximum Gasteiger partial charge on any atom is 0.126 e. The number of nitrogens with zero attached hydrogens (tertiary/aromatic N) is 5. The molecule has 44 heavy (non-hydrogen) atoms. The standard InChI is InChI=1S/C39H29N5/c1-23-13-15-30-28-9-5-7-11-34(28)43(36(30)17-23)38-20-27(33-19-25(3)41-26(4)42-33)21-39(32(38)22-40)44-35-12-8-6-10-29(35)31-16-14-24(2)18-37(31)44/h5-21H,1-4H3. The van der Waals surface area contributed by atoms with E-state index in [0.717, 1.165) is 83.1 Å². The zero-order valence-electron chi connectivity index (χ0n) is 25.1. The van der Waals surface area contributed by atoms with Crippen LogP contribution in [0.3, 0.4) is 0 Å². The Kier molecular flexibility index (Phi) is 5.69. The molecule has 0 aliphatic rings. The Balaban J connectivity index is 1.59. The molecule has 0 atom stereocenters. The zero-order chi connectivity index (χ0) is 30.1. The zero-order valence-corrected chi connectivity index (χ0v) is 25.1. The Morgan fingerprint density at radius 2 is 1.05 bits per heavy atom. The minimum absolute atomic E-state index is 0.601. The molecule has 0 aliphatic heterocycles. The third-order valence-corrected chi connectivity index (χ3v) is 8.61. The molecule has 0 aliphatic carbocycles. The van der Waals surface area contributed by atoms with Crippen LogP contribution in [0.1, 0.15) is 28.2 Å². The molecule has 0 bridgehead atoms. The van der Waals surface area contributed by atoms with E-state index in [2.05, 4.69) is 131 Å². The Hall–Kier alpha value is -5.73. The Labute approximate surface area is 255 Å². The summed E-state index contributed by atoms with van der Waals surface area (Å²) in [5.74, 6) is 0.715. The summed E-state index contributed by atoms with van der Waals surface area (Å²) in [5.41, 5.74) is 11.5. The molecule has 8 aromatic rings. The first-order valence-electron chi connectivity index (χ1n) is 14.8. The highest BCUT2D eigenvalue weighted by atomic mass is 15.0. The molecule has 210 valence electrons. The van der Waals surface area contributed by atoms with Gasteiger partial charge >= 0.3 is 0 Å². The summed E-state index contributed by atoms with van der Waals surface area (Å²) in [6, 6.07) is 38.9. The van der Waals surface area contributed by atoms with Crippen molar-refractivity contribution >= 4 is 43.6 Å². The Morgan fingerprint density at radius 3 is 1.55 bits per heavy atom. The van der Waals surface area contributed by atoms with Crippen molar-refractivity contribution in [1.29, 1.82) is 5.26 Å². The minimum atomic E-state index is 0.601. The van der Waals surface area contributed by atoms with Crippen LogP contribution in [0.15, 0.2) is 103 Å². The predicted molar refractivity (Wildman–Crippen MR) is 180 cm³/mol. The predicted octanol–water partition coefficient (Wildman–Crippen LogP) is 9.44. The topological polar surface area (TPSA) is 59.4 Å². The second-order valence-corrected chi connectivity index (χ2v) is 11.7. The van der Waals surface area contributed by atoms with Crippen LogP contribution in [0.5, 0.6) is 0 Å². The molecular formula is C39H29N5. The lowest BCUT2D eigenvalue weighted by molar-refractivity contribution is 1.01. The molecule has 5 heteroatoms. The highest BCUT2D eigenvalue weighted by Gasteiger charge is 2.23. The van der Waals surface area contributed by atoms with Crippen LogP contribution < -0.4 is 0 Å². The third-order valence-electron chi connectivity index (χ3n) is 8.61. The molecule has 8 rings (SSSR count). The average Bonchev–Trinajstić information content (AvgIpc) is 3.51. The van der Waals surface area contributed by atoms with E-state index >= 15 is 0 Å². The van der Waals surface area contributed by atoms with Gasteiger partial charge in [-0.2, -0.15) is 5.26 Å². The number of aryl methyl sites for hydroxylation is 4. The van der Waals surface area contributed by atoms with Crippen molar-refractivity contribution in [2.45, 2.75) is 27.7 Å². The van der Waals surface area contributed by atoms with Crippen LogP contribution in [-0.4, -0.2) is 19.1 Å². The highest BCUT2D eigenvalue weighted by molar-refractivity contribution is 6.11. The van der Waals surface area contributed by atoms with Crippen molar-refractivity contribution < 1.29 is 0 Å². The molecule has 3 aromatic heterocycles. The van der Waals surface area contributed by atoms with Gasteiger partial charge in [0.2, 0.25) is 0 Å². The first kappa shape index (κ1) is 25.9. The van der Waals surface area contributed by atoms with Gasteiger partial charge in [0.15, 0.2) is 0 Å². The van der Waals surface area contributed by atoms with Gasteiger partial charge in [-0.25, -0.2) is 9.97 Å². The fourth-order valence-corrected chi connectivity index (χ4v) is 6.77. The fourth-order valence-electron chi connectivity index (χ4n) is 6.77. The maximum atomic E-state index is 11.0. The molecule has 5 aromatic carbocycles. The van der Waals surface area contributed by atoms with Crippen LogP contribution in [0.4, 0.5) is 0 Å². The van der Waals surface area contributed by atoms with Crippen molar-refractivity contribution in [3.8, 4) is 28.7 Å². The van der Waals surface area contributed by atoms with Crippen LogP contribution in [0.2, 0.25) is 0 Å². The van der Waals surface area contributed by atoms with Gasteiger partial charge in [-0.15, -0.1) is 0 Å². The molecule has 0 fully saturated rings. The molecule has 5 nitrogen and oxygen atoms in total. The summed E-state index contributed by atoms with van der Waals surface area (Å²) < 4.78 is 4.51. The first-order chi connectivity index (χ1) is 21.4. The van der Waals surface area contributed by atoms with E-state index in [1.165, 1.54) is 0 Å². The Morgan fingerprint density at radius 1 is 0.545 bits per heavy atom. The molecule has 0 spiro atoms. The van der Waals surface area contributed by atoms with Gasteiger partial charge in [0.1, 0.15) is 17.5 Å². The van der Waals surface area contributed by atoms with Gasteiger partial charge < -0.3 is 9.13 Å². The highest BCUT2D eigenvalue weighted by Crippen LogP contribution is 2.40. The van der Waals surface area contributed by atoms with Crippen LogP contribution >= 0.6 is 0 Å². The molecular weight excluding hydrogens is 538 g/mol. The fraction of sp³-hybridized carbons (Fsp3) is 0.103. The second-order valence-electron chi connectivity index (χ2n) is 11.7. The van der Waals surface area contributed by atoms with Crippen LogP contribution in [-0.2, 0) is 0 Å². The summed E-state index contributed by atoms with van der Waals surface area (Å²) in [6.45, 7) is 8.14. The van der Waals surface area contributed by atoms with E-state index in [1.807, 2.05) is 19.9 Å². The SMILES string of the molecule is Cc1ccc2c3ccccc3n(-c3cc(-c4cc(C)nc(C)n4)cc(-n4c5ccccc5c5ccc(C)cc54)c3C#N)c2c1. The molecule has 0 saturated carbocycles. The molecule has 0 amide bonds. The monoisotopic (exact) mass is 567 g/mol. The van der Waals surface area contributed by atoms with Gasteiger partial charge in [0.25, 0.3) is 0 Å². The van der Waals surface area contributed by atoms with Crippen molar-refractivity contribution in [3.63, 3.8) is 0 Å². The van der Waals surface area contributed by atoms with Gasteiger partial charge in [0, 0.05) is 32.8 Å². The van der Waals surface area contributed by atoms with Crippen molar-refractivity contribution in [3.05, 3.63) is 131 Å². The average molecular weight is 568 g/mol. The van der Waals surface area contributed by atoms with Crippen molar-refractivity contribution in [1.82, 2.24) is 19.1 Å². The largest absolute Gasteiger partial charge is 0.308 e. The normalized spacial score (nSPS) is 11.6. The number of benzene rings is 5. The number of hydrogen-bond donors (Lipinski definition) is 0. The number of nitriles is 1. The Bertz CT molecular complexity index is 2340. The van der Waals surface area contributed by atoms with Crippen LogP contribution in [0.25, 0.3) is 66.2 Å². The number of rotatable bonds is 3. The number of aromatic nitrogens is 4. The van der Waals surface area contributed by atoms with Crippen molar-refractivity contribution in [2.75, 3.05) is 0 Å². The van der Waals surface area contributed by atoms with Crippen molar-refractivity contribution in [2.24, 2.45) is 0 Å². The van der Waals surface area contributed by atoms with Gasteiger partial charge in [0.05, 0.1) is 39.1 Å². The number of hydrogen-bond acceptors (Lipinski definition) is 3. The van der Waals surface area contributed by atoms with Gasteiger partial charge in [-0.1, -0.05) is 60.7 Å². The maximum absolute atomic E-state index is 11.0. The van der Waals surface area contributed by atoms with E-state index < -0.39 is 0 Å². The lowest BCUT2D eigenvalue weighted by Crippen LogP contribution is -2.06. The van der Waals surface area contributed by atoms with E-state index in [-0.39, 0.29) is 0 Å². The molecule has 0 N–H and O–H groups in total. The molecule has 3 heterocycles. The lowest BCUT2D eigenvalue weighted by atomic mass is 10.0. The minimum Gasteiger partial charge on any atom is -0.308 e. The second kappa shape index (κ2) is 9.65. The van der Waals surface area contributed by atoms with E-state index in [1.54, 1.807) is 0 Å². The summed E-state index contributed by atoms with van der Waals surface area (Å²) in [7, 11) is 0. The summed E-state index contributed by atoms with van der Waals surface area (Å²) in [6.07, 6.45) is 0. The molecule has 0 radical (unpaired) electrons. The smallest absolute Gasteiger partial charge is 0.126 e. The molecule has 0 saturated heterocycles. The third kappa shape index (κ3) is 3.85.